The molecule has 2 aromatic carbocycles. The molecule has 2 N–H and O–H groups in total. The van der Waals surface area contributed by atoms with Crippen molar-refractivity contribution < 1.29 is 22.8 Å². The number of alkyl halides is 3. The molecule has 0 aliphatic heterocycles. The van der Waals surface area contributed by atoms with Gasteiger partial charge >= 0.3 is 6.18 Å². The Labute approximate surface area is 193 Å². The van der Waals surface area contributed by atoms with Crippen LogP contribution in [0, 0.1) is 13.8 Å². The SMILES string of the molecule is Cc1nc2c3ccccc3nn2c(C)c1CCC(=O)Nc1ccc(C(=O)NCC(F)(F)F)cc1. The molecule has 0 bridgehead atoms. The highest BCUT2D eigenvalue weighted by atomic mass is 19.4. The lowest BCUT2D eigenvalue weighted by molar-refractivity contribution is -0.123. The number of amides is 2. The van der Waals surface area contributed by atoms with Crippen LogP contribution in [0.15, 0.2) is 48.5 Å². The molecule has 34 heavy (non-hydrogen) atoms. The average Bonchev–Trinajstić information content (AvgIpc) is 3.16. The predicted octanol–water partition coefficient (Wildman–Crippen LogP) is 4.36. The Balaban J connectivity index is 1.40. The zero-order chi connectivity index (χ0) is 24.5. The minimum absolute atomic E-state index is 0.0690. The molecular formula is C24H22F3N5O2. The van der Waals surface area contributed by atoms with Crippen molar-refractivity contribution in [3.63, 3.8) is 0 Å². The highest BCUT2D eigenvalue weighted by Gasteiger charge is 2.27. The molecule has 0 saturated carbocycles. The summed E-state index contributed by atoms with van der Waals surface area (Å²) >= 11 is 0. The number of anilines is 1. The molecule has 0 fully saturated rings. The van der Waals surface area contributed by atoms with Crippen molar-refractivity contribution in [3.05, 3.63) is 71.0 Å². The van der Waals surface area contributed by atoms with Crippen molar-refractivity contribution in [3.8, 4) is 0 Å². The summed E-state index contributed by atoms with van der Waals surface area (Å²) in [4.78, 5) is 29.0. The number of benzene rings is 2. The van der Waals surface area contributed by atoms with Crippen LogP contribution in [-0.2, 0) is 11.2 Å². The average molecular weight is 469 g/mol. The first-order chi connectivity index (χ1) is 16.1. The number of hydrogen-bond acceptors (Lipinski definition) is 4. The minimum atomic E-state index is -4.48. The van der Waals surface area contributed by atoms with Crippen LogP contribution in [0.25, 0.3) is 16.6 Å². The van der Waals surface area contributed by atoms with Gasteiger partial charge in [0.1, 0.15) is 6.54 Å². The lowest BCUT2D eigenvalue weighted by Gasteiger charge is -2.12. The van der Waals surface area contributed by atoms with E-state index in [2.05, 4.69) is 10.4 Å². The van der Waals surface area contributed by atoms with Crippen molar-refractivity contribution in [2.75, 3.05) is 11.9 Å². The van der Waals surface area contributed by atoms with Gasteiger partial charge < -0.3 is 10.6 Å². The number of halogens is 3. The molecule has 176 valence electrons. The summed E-state index contributed by atoms with van der Waals surface area (Å²) in [6, 6.07) is 13.4. The van der Waals surface area contributed by atoms with Gasteiger partial charge in [-0.25, -0.2) is 9.50 Å². The van der Waals surface area contributed by atoms with E-state index in [1.807, 2.05) is 38.1 Å². The van der Waals surface area contributed by atoms with Gasteiger partial charge in [0.05, 0.1) is 5.52 Å². The Kier molecular flexibility index (Phi) is 6.23. The number of carbonyl (C=O) groups is 2. The third-order valence-corrected chi connectivity index (χ3v) is 5.50. The van der Waals surface area contributed by atoms with E-state index in [0.29, 0.717) is 12.1 Å². The van der Waals surface area contributed by atoms with Crippen LogP contribution in [0.5, 0.6) is 0 Å². The van der Waals surface area contributed by atoms with Crippen molar-refractivity contribution in [2.45, 2.75) is 32.9 Å². The lowest BCUT2D eigenvalue weighted by Crippen LogP contribution is -2.33. The quantitative estimate of drug-likeness (QED) is 0.439. The van der Waals surface area contributed by atoms with Crippen LogP contribution in [0.4, 0.5) is 18.9 Å². The van der Waals surface area contributed by atoms with Crippen LogP contribution in [0.1, 0.15) is 33.7 Å². The summed E-state index contributed by atoms with van der Waals surface area (Å²) in [5.41, 5.74) is 4.82. The van der Waals surface area contributed by atoms with Gasteiger partial charge in [-0.2, -0.15) is 18.3 Å². The number of aromatic nitrogens is 3. The number of carbonyl (C=O) groups excluding carboxylic acids is 2. The second kappa shape index (κ2) is 9.12. The van der Waals surface area contributed by atoms with E-state index in [1.54, 1.807) is 9.83 Å². The van der Waals surface area contributed by atoms with Gasteiger partial charge in [-0.05, 0) is 62.2 Å². The van der Waals surface area contributed by atoms with Gasteiger partial charge in [-0.1, -0.05) is 12.1 Å². The molecule has 0 radical (unpaired) electrons. The van der Waals surface area contributed by atoms with Crippen LogP contribution in [0.3, 0.4) is 0 Å². The van der Waals surface area contributed by atoms with E-state index in [9.17, 15) is 22.8 Å². The number of aryl methyl sites for hydroxylation is 2. The Bertz CT molecular complexity index is 1380. The molecule has 10 heteroatoms. The van der Waals surface area contributed by atoms with E-state index in [1.165, 1.54) is 24.3 Å². The van der Waals surface area contributed by atoms with Crippen LogP contribution in [0.2, 0.25) is 0 Å². The molecule has 0 unspecified atom stereocenters. The smallest absolute Gasteiger partial charge is 0.343 e. The number of fused-ring (bicyclic) bond motifs is 3. The van der Waals surface area contributed by atoms with E-state index >= 15 is 0 Å². The first-order valence-corrected chi connectivity index (χ1v) is 10.6. The van der Waals surface area contributed by atoms with Gasteiger partial charge in [0.15, 0.2) is 5.65 Å². The number of hydrogen-bond donors (Lipinski definition) is 2. The summed E-state index contributed by atoms with van der Waals surface area (Å²) in [5.74, 6) is -1.07. The fraction of sp³-hybridized carbons (Fsp3) is 0.250. The number of nitrogens with zero attached hydrogens (tertiary/aromatic N) is 3. The molecule has 0 atom stereocenters. The standard InChI is InChI=1S/C24H22F3N5O2/c1-14-18(15(2)32-22(29-14)19-5-3-4-6-20(19)31-32)11-12-21(33)30-17-9-7-16(8-10-17)23(34)28-13-24(25,26)27/h3-10H,11-13H2,1-2H3,(H,28,34)(H,30,33). The minimum Gasteiger partial charge on any atom is -0.343 e. The summed E-state index contributed by atoms with van der Waals surface area (Å²) in [6.45, 7) is 2.45. The van der Waals surface area contributed by atoms with Gasteiger partial charge in [-0.15, -0.1) is 0 Å². The van der Waals surface area contributed by atoms with Crippen molar-refractivity contribution in [1.82, 2.24) is 19.9 Å². The zero-order valence-corrected chi connectivity index (χ0v) is 18.5. The predicted molar refractivity (Wildman–Crippen MR) is 122 cm³/mol. The first-order valence-electron chi connectivity index (χ1n) is 10.6. The van der Waals surface area contributed by atoms with Gasteiger partial charge in [-0.3, -0.25) is 9.59 Å². The Morgan fingerprint density at radius 3 is 2.44 bits per heavy atom. The summed E-state index contributed by atoms with van der Waals surface area (Å²) in [7, 11) is 0. The van der Waals surface area contributed by atoms with E-state index in [0.717, 1.165) is 33.5 Å². The molecule has 0 spiro atoms. The zero-order valence-electron chi connectivity index (χ0n) is 18.5. The van der Waals surface area contributed by atoms with Gasteiger partial charge in [0.2, 0.25) is 5.91 Å². The summed E-state index contributed by atoms with van der Waals surface area (Å²) in [5, 5.41) is 10.1. The molecule has 4 rings (SSSR count). The molecule has 2 heterocycles. The lowest BCUT2D eigenvalue weighted by atomic mass is 10.1. The number of rotatable bonds is 6. The summed E-state index contributed by atoms with van der Waals surface area (Å²) in [6.07, 6.45) is -3.82. The molecule has 4 aromatic rings. The maximum Gasteiger partial charge on any atom is 0.405 e. The fourth-order valence-corrected chi connectivity index (χ4v) is 3.79. The largest absolute Gasteiger partial charge is 0.405 e. The van der Waals surface area contributed by atoms with Gasteiger partial charge in [0.25, 0.3) is 5.91 Å². The molecule has 7 nitrogen and oxygen atoms in total. The van der Waals surface area contributed by atoms with E-state index in [4.69, 9.17) is 4.98 Å². The highest BCUT2D eigenvalue weighted by Crippen LogP contribution is 2.23. The maximum absolute atomic E-state index is 12.5. The first kappa shape index (κ1) is 23.2. The second-order valence-electron chi connectivity index (χ2n) is 7.94. The van der Waals surface area contributed by atoms with Crippen molar-refractivity contribution >= 4 is 34.1 Å². The third kappa shape index (κ3) is 5.00. The van der Waals surface area contributed by atoms with Gasteiger partial charge in [0, 0.05) is 34.4 Å². The Morgan fingerprint density at radius 1 is 1.03 bits per heavy atom. The van der Waals surface area contributed by atoms with Crippen LogP contribution in [-0.4, -0.2) is 39.1 Å². The maximum atomic E-state index is 12.5. The molecular weight excluding hydrogens is 447 g/mol. The fourth-order valence-electron chi connectivity index (χ4n) is 3.79. The molecule has 2 amide bonds. The normalized spacial score (nSPS) is 11.7. The van der Waals surface area contributed by atoms with E-state index < -0.39 is 18.6 Å². The second-order valence-corrected chi connectivity index (χ2v) is 7.94. The molecule has 0 saturated heterocycles. The Hall–Kier alpha value is -3.95. The monoisotopic (exact) mass is 469 g/mol. The van der Waals surface area contributed by atoms with Crippen molar-refractivity contribution in [1.29, 1.82) is 0 Å². The Morgan fingerprint density at radius 2 is 1.74 bits per heavy atom. The third-order valence-electron chi connectivity index (χ3n) is 5.50. The van der Waals surface area contributed by atoms with Crippen molar-refractivity contribution in [2.24, 2.45) is 0 Å². The van der Waals surface area contributed by atoms with Crippen LogP contribution >= 0.6 is 0 Å². The number of nitrogens with one attached hydrogen (secondary N) is 2. The summed E-state index contributed by atoms with van der Waals surface area (Å²) < 4.78 is 38.5. The topological polar surface area (TPSA) is 88.4 Å². The molecule has 2 aromatic heterocycles. The van der Waals surface area contributed by atoms with E-state index in [-0.39, 0.29) is 17.9 Å². The molecule has 0 aliphatic carbocycles. The molecule has 0 aliphatic rings. The van der Waals surface area contributed by atoms with Crippen LogP contribution < -0.4 is 10.6 Å². The highest BCUT2D eigenvalue weighted by molar-refractivity contribution is 5.96.